The number of benzene rings is 2. The van der Waals surface area contributed by atoms with E-state index in [9.17, 15) is 22.8 Å². The highest BCUT2D eigenvalue weighted by Gasteiger charge is 2.54. The van der Waals surface area contributed by atoms with Crippen LogP contribution < -0.4 is 5.32 Å². The number of amidine groups is 1. The number of methoxy groups -OCH3 is 1. The third-order valence-corrected chi connectivity index (χ3v) is 5.39. The van der Waals surface area contributed by atoms with Crippen LogP contribution in [0, 0.1) is 11.7 Å². The molecule has 0 spiro atoms. The van der Waals surface area contributed by atoms with Gasteiger partial charge in [0.05, 0.1) is 12.7 Å². The third-order valence-electron chi connectivity index (χ3n) is 5.39. The smallest absolute Gasteiger partial charge is 0.337 e. The first-order valence-corrected chi connectivity index (χ1v) is 9.50. The zero-order valence-corrected chi connectivity index (χ0v) is 17.1. The van der Waals surface area contributed by atoms with Crippen LogP contribution in [0.15, 0.2) is 53.5 Å². The molecule has 0 saturated carbocycles. The first-order chi connectivity index (χ1) is 14.7. The van der Waals surface area contributed by atoms with Crippen LogP contribution in [0.3, 0.4) is 0 Å². The molecule has 1 heterocycles. The summed E-state index contributed by atoms with van der Waals surface area (Å²) in [6.45, 7) is 2.97. The van der Waals surface area contributed by atoms with Gasteiger partial charge in [-0.25, -0.2) is 23.0 Å². The van der Waals surface area contributed by atoms with Crippen LogP contribution in [0.2, 0.25) is 0 Å². The summed E-state index contributed by atoms with van der Waals surface area (Å²) in [5, 5.41) is 2.37. The van der Waals surface area contributed by atoms with Gasteiger partial charge in [-0.2, -0.15) is 0 Å². The van der Waals surface area contributed by atoms with E-state index in [0.29, 0.717) is 0 Å². The van der Waals surface area contributed by atoms with Crippen LogP contribution in [0.1, 0.15) is 40.1 Å². The predicted molar refractivity (Wildman–Crippen MR) is 106 cm³/mol. The Morgan fingerprint density at radius 1 is 1.13 bits per heavy atom. The van der Waals surface area contributed by atoms with Crippen LogP contribution in [0.4, 0.5) is 13.2 Å². The Labute approximate surface area is 177 Å². The lowest BCUT2D eigenvalue weighted by molar-refractivity contribution is -0.0376. The molecule has 9 heteroatoms. The molecule has 1 aliphatic rings. The number of aliphatic imine (C=N–C) groups is 1. The van der Waals surface area contributed by atoms with Crippen LogP contribution >= 0.6 is 0 Å². The van der Waals surface area contributed by atoms with Crippen LogP contribution in [0.25, 0.3) is 0 Å². The van der Waals surface area contributed by atoms with E-state index >= 15 is 0 Å². The van der Waals surface area contributed by atoms with Crippen LogP contribution in [0.5, 0.6) is 0 Å². The standard InChI is InChI=1S/C22H21F3N2O4/c1-12-13(2)31-21(26-18(28)14-7-5-4-6-8-14)27-22(12,20(24)25)16-11-15(19(29)30-3)9-10-17(16)23/h4-13,20H,1-3H3,(H,26,27,28)/t12-,13?,22-/m1/s1. The van der Waals surface area contributed by atoms with Crippen molar-refractivity contribution in [1.29, 1.82) is 0 Å². The number of carbonyl (C=O) groups is 2. The largest absolute Gasteiger partial charge is 0.465 e. The van der Waals surface area contributed by atoms with E-state index in [0.717, 1.165) is 25.3 Å². The number of hydrogen-bond donors (Lipinski definition) is 1. The highest BCUT2D eigenvalue weighted by molar-refractivity contribution is 6.04. The molecule has 31 heavy (non-hydrogen) atoms. The molecule has 0 bridgehead atoms. The van der Waals surface area contributed by atoms with Crippen molar-refractivity contribution >= 4 is 17.9 Å². The molecule has 2 aromatic rings. The second-order valence-corrected chi connectivity index (χ2v) is 7.16. The number of nitrogens with one attached hydrogen (secondary N) is 1. The summed E-state index contributed by atoms with van der Waals surface area (Å²) in [5.41, 5.74) is -2.72. The van der Waals surface area contributed by atoms with E-state index in [4.69, 9.17) is 4.74 Å². The number of carbonyl (C=O) groups excluding carboxylic acids is 2. The van der Waals surface area contributed by atoms with Crippen molar-refractivity contribution in [3.63, 3.8) is 0 Å². The Balaban J connectivity index is 2.12. The number of rotatable bonds is 4. The monoisotopic (exact) mass is 434 g/mol. The van der Waals surface area contributed by atoms with Gasteiger partial charge in [-0.15, -0.1) is 0 Å². The zero-order valence-electron chi connectivity index (χ0n) is 17.1. The molecule has 6 nitrogen and oxygen atoms in total. The number of amides is 1. The van der Waals surface area contributed by atoms with Crippen molar-refractivity contribution in [2.45, 2.75) is 31.9 Å². The molecule has 0 saturated heterocycles. The first-order valence-electron chi connectivity index (χ1n) is 9.50. The topological polar surface area (TPSA) is 77.0 Å². The number of hydrogen-bond acceptors (Lipinski definition) is 5. The van der Waals surface area contributed by atoms with Crippen LogP contribution in [-0.2, 0) is 15.0 Å². The minimum atomic E-state index is -3.17. The van der Waals surface area contributed by atoms with Crippen molar-refractivity contribution in [1.82, 2.24) is 5.32 Å². The third kappa shape index (κ3) is 4.12. The highest BCUT2D eigenvalue weighted by Crippen LogP contribution is 2.45. The lowest BCUT2D eigenvalue weighted by atomic mass is 9.75. The molecule has 3 rings (SSSR count). The fourth-order valence-corrected chi connectivity index (χ4v) is 3.50. The lowest BCUT2D eigenvalue weighted by Gasteiger charge is -2.42. The Hall–Kier alpha value is -3.36. The van der Waals surface area contributed by atoms with Gasteiger partial charge in [-0.3, -0.25) is 10.1 Å². The normalized spacial score (nSPS) is 23.0. The minimum absolute atomic E-state index is 0.102. The van der Waals surface area contributed by atoms with Gasteiger partial charge in [0, 0.05) is 17.0 Å². The Kier molecular flexibility index (Phi) is 6.33. The number of nitrogens with zero attached hydrogens (tertiary/aromatic N) is 1. The summed E-state index contributed by atoms with van der Waals surface area (Å²) in [7, 11) is 1.13. The van der Waals surface area contributed by atoms with Gasteiger partial charge in [0.1, 0.15) is 11.9 Å². The fourth-order valence-electron chi connectivity index (χ4n) is 3.50. The summed E-state index contributed by atoms with van der Waals surface area (Å²) in [6.07, 6.45) is -4.02. The Morgan fingerprint density at radius 2 is 1.81 bits per heavy atom. The maximum atomic E-state index is 14.8. The quantitative estimate of drug-likeness (QED) is 0.741. The summed E-state index contributed by atoms with van der Waals surface area (Å²) >= 11 is 0. The maximum Gasteiger partial charge on any atom is 0.337 e. The maximum absolute atomic E-state index is 14.8. The molecule has 1 unspecified atom stereocenters. The lowest BCUT2D eigenvalue weighted by Crippen LogP contribution is -2.52. The molecule has 2 aromatic carbocycles. The fraction of sp³-hybridized carbons (Fsp3) is 0.318. The summed E-state index contributed by atoms with van der Waals surface area (Å²) in [4.78, 5) is 28.4. The average Bonchev–Trinajstić information content (AvgIpc) is 2.76. The summed E-state index contributed by atoms with van der Waals surface area (Å²) in [5.74, 6) is -3.38. The molecule has 0 aromatic heterocycles. The molecule has 164 valence electrons. The molecule has 0 fully saturated rings. The average molecular weight is 434 g/mol. The molecule has 1 amide bonds. The molecular formula is C22H21F3N2O4. The Morgan fingerprint density at radius 3 is 2.42 bits per heavy atom. The summed E-state index contributed by atoms with van der Waals surface area (Å²) in [6, 6.07) is 10.7. The highest BCUT2D eigenvalue weighted by atomic mass is 19.3. The van der Waals surface area contributed by atoms with Gasteiger partial charge >= 0.3 is 5.97 Å². The van der Waals surface area contributed by atoms with Crippen molar-refractivity contribution < 1.29 is 32.2 Å². The van der Waals surface area contributed by atoms with Crippen molar-refractivity contribution in [2.75, 3.05) is 7.11 Å². The minimum Gasteiger partial charge on any atom is -0.465 e. The van der Waals surface area contributed by atoms with Crippen LogP contribution in [-0.4, -0.2) is 37.5 Å². The zero-order chi connectivity index (χ0) is 22.8. The van der Waals surface area contributed by atoms with Gasteiger partial charge in [-0.1, -0.05) is 25.1 Å². The molecule has 1 N–H and O–H groups in total. The van der Waals surface area contributed by atoms with Gasteiger partial charge in [-0.05, 0) is 37.3 Å². The number of esters is 1. The molecule has 0 radical (unpaired) electrons. The summed E-state index contributed by atoms with van der Waals surface area (Å²) < 4.78 is 54.1. The van der Waals surface area contributed by atoms with Crippen molar-refractivity contribution in [2.24, 2.45) is 10.9 Å². The molecular weight excluding hydrogens is 413 g/mol. The first kappa shape index (κ1) is 22.3. The predicted octanol–water partition coefficient (Wildman–Crippen LogP) is 3.91. The van der Waals surface area contributed by atoms with E-state index in [-0.39, 0.29) is 11.1 Å². The number of ether oxygens (including phenoxy) is 2. The second-order valence-electron chi connectivity index (χ2n) is 7.16. The van der Waals surface area contributed by atoms with E-state index in [1.807, 2.05) is 0 Å². The van der Waals surface area contributed by atoms with E-state index in [1.165, 1.54) is 26.0 Å². The van der Waals surface area contributed by atoms with E-state index in [1.54, 1.807) is 18.2 Å². The van der Waals surface area contributed by atoms with Crippen molar-refractivity contribution in [3.05, 3.63) is 71.0 Å². The SMILES string of the molecule is COC(=O)c1ccc(F)c([C@]2(C(F)F)N=C(NC(=O)c3ccccc3)OC(C)[C@H]2C)c1. The van der Waals surface area contributed by atoms with E-state index < -0.39 is 53.3 Å². The van der Waals surface area contributed by atoms with Crippen molar-refractivity contribution in [3.8, 4) is 0 Å². The number of halogens is 3. The van der Waals surface area contributed by atoms with Gasteiger partial charge < -0.3 is 9.47 Å². The molecule has 3 atom stereocenters. The molecule has 1 aliphatic heterocycles. The van der Waals surface area contributed by atoms with Gasteiger partial charge in [0.15, 0.2) is 5.54 Å². The van der Waals surface area contributed by atoms with Gasteiger partial charge in [0.25, 0.3) is 18.4 Å². The second kappa shape index (κ2) is 8.79. The van der Waals surface area contributed by atoms with E-state index in [2.05, 4.69) is 15.0 Å². The van der Waals surface area contributed by atoms with Gasteiger partial charge in [0.2, 0.25) is 0 Å². The molecule has 0 aliphatic carbocycles. The number of alkyl halides is 2. The Bertz CT molecular complexity index is 1010.